The first-order chi connectivity index (χ1) is 10.1. The second-order valence-electron chi connectivity index (χ2n) is 6.67. The number of carbonyl (C=O) groups excluding carboxylic acids is 1. The van der Waals surface area contributed by atoms with E-state index in [9.17, 15) is 14.7 Å². The number of amides is 1. The fourth-order valence-electron chi connectivity index (χ4n) is 2.26. The molecule has 0 radical (unpaired) electrons. The highest BCUT2D eigenvalue weighted by atomic mass is 16.6. The molecule has 0 aliphatic carbocycles. The molecular formula is C15H27NO6. The van der Waals surface area contributed by atoms with Gasteiger partial charge in [0.15, 0.2) is 0 Å². The highest BCUT2D eigenvalue weighted by Crippen LogP contribution is 2.17. The lowest BCUT2D eigenvalue weighted by Gasteiger charge is -2.31. The van der Waals surface area contributed by atoms with Crippen molar-refractivity contribution >= 4 is 12.1 Å². The Morgan fingerprint density at radius 2 is 2.05 bits per heavy atom. The van der Waals surface area contributed by atoms with Gasteiger partial charge in [0.05, 0.1) is 19.3 Å². The van der Waals surface area contributed by atoms with Crippen molar-refractivity contribution < 1.29 is 28.9 Å². The molecule has 1 rings (SSSR count). The minimum atomic E-state index is -1.08. The topological polar surface area (TPSA) is 85.3 Å². The number of carboxylic acids is 1. The van der Waals surface area contributed by atoms with E-state index in [1.165, 1.54) is 7.05 Å². The van der Waals surface area contributed by atoms with Gasteiger partial charge >= 0.3 is 12.1 Å². The summed E-state index contributed by atoms with van der Waals surface area (Å²) in [5, 5.41) is 9.42. The maximum Gasteiger partial charge on any atom is 0.410 e. The summed E-state index contributed by atoms with van der Waals surface area (Å²) >= 11 is 0. The molecule has 3 unspecified atom stereocenters. The number of hydrogen-bond acceptors (Lipinski definition) is 5. The molecule has 1 amide bonds. The summed E-state index contributed by atoms with van der Waals surface area (Å²) in [5.74, 6) is -1.44. The van der Waals surface area contributed by atoms with Gasteiger partial charge in [-0.2, -0.15) is 0 Å². The van der Waals surface area contributed by atoms with E-state index < -0.39 is 23.7 Å². The standard InChI is InChI=1S/C15H27NO6/c1-10(8-21-11-6-7-20-9-11)12(13(17)18)16(5)14(19)22-15(2,3)4/h10-12H,6-9H2,1-5H3,(H,17,18). The Hall–Kier alpha value is -1.34. The van der Waals surface area contributed by atoms with Gasteiger partial charge in [0.1, 0.15) is 11.6 Å². The Kier molecular flexibility index (Phi) is 6.62. The zero-order valence-corrected chi connectivity index (χ0v) is 14.0. The number of nitrogens with zero attached hydrogens (tertiary/aromatic N) is 1. The van der Waals surface area contributed by atoms with Crippen LogP contribution in [0.4, 0.5) is 4.79 Å². The highest BCUT2D eigenvalue weighted by Gasteiger charge is 2.35. The molecule has 1 fully saturated rings. The van der Waals surface area contributed by atoms with E-state index >= 15 is 0 Å². The quantitative estimate of drug-likeness (QED) is 0.803. The van der Waals surface area contributed by atoms with Crippen molar-refractivity contribution in [1.82, 2.24) is 4.90 Å². The van der Waals surface area contributed by atoms with Gasteiger partial charge in [0.2, 0.25) is 0 Å². The lowest BCUT2D eigenvalue weighted by molar-refractivity contribution is -0.145. The molecule has 7 nitrogen and oxygen atoms in total. The Labute approximate surface area is 131 Å². The van der Waals surface area contributed by atoms with Crippen molar-refractivity contribution in [1.29, 1.82) is 0 Å². The van der Waals surface area contributed by atoms with Crippen LogP contribution in [0.25, 0.3) is 0 Å². The summed E-state index contributed by atoms with van der Waals surface area (Å²) < 4.78 is 16.1. The van der Waals surface area contributed by atoms with Crippen LogP contribution in [0.2, 0.25) is 0 Å². The van der Waals surface area contributed by atoms with Gasteiger partial charge in [-0.3, -0.25) is 4.90 Å². The van der Waals surface area contributed by atoms with Crippen molar-refractivity contribution in [3.8, 4) is 0 Å². The number of carboxylic acid groups (broad SMARTS) is 1. The monoisotopic (exact) mass is 317 g/mol. The lowest BCUT2D eigenvalue weighted by Crippen LogP contribution is -2.49. The zero-order valence-electron chi connectivity index (χ0n) is 14.0. The normalized spacial score (nSPS) is 21.2. The predicted octanol–water partition coefficient (Wildman–Crippen LogP) is 1.75. The average molecular weight is 317 g/mol. The van der Waals surface area contributed by atoms with E-state index in [1.54, 1.807) is 27.7 Å². The largest absolute Gasteiger partial charge is 0.480 e. The summed E-state index contributed by atoms with van der Waals surface area (Å²) in [5.41, 5.74) is -0.671. The van der Waals surface area contributed by atoms with Crippen molar-refractivity contribution in [3.05, 3.63) is 0 Å². The third kappa shape index (κ3) is 5.81. The Morgan fingerprint density at radius 3 is 2.50 bits per heavy atom. The van der Waals surface area contributed by atoms with Gasteiger partial charge in [0.25, 0.3) is 0 Å². The van der Waals surface area contributed by atoms with Gasteiger partial charge < -0.3 is 19.3 Å². The first kappa shape index (κ1) is 18.7. The number of carbonyl (C=O) groups is 2. The molecule has 1 aliphatic heterocycles. The van der Waals surface area contributed by atoms with Crippen molar-refractivity contribution in [2.75, 3.05) is 26.9 Å². The van der Waals surface area contributed by atoms with Crippen LogP contribution in [0.3, 0.4) is 0 Å². The van der Waals surface area contributed by atoms with Crippen LogP contribution in [-0.4, -0.2) is 66.7 Å². The van der Waals surface area contributed by atoms with Crippen LogP contribution in [0.5, 0.6) is 0 Å². The fourth-order valence-corrected chi connectivity index (χ4v) is 2.26. The maximum atomic E-state index is 12.0. The van der Waals surface area contributed by atoms with Crippen molar-refractivity contribution in [2.45, 2.75) is 51.9 Å². The average Bonchev–Trinajstić information content (AvgIpc) is 2.86. The molecule has 0 aromatic heterocycles. The minimum Gasteiger partial charge on any atom is -0.480 e. The van der Waals surface area contributed by atoms with Crippen LogP contribution >= 0.6 is 0 Å². The van der Waals surface area contributed by atoms with E-state index in [2.05, 4.69) is 0 Å². The first-order valence-corrected chi connectivity index (χ1v) is 7.49. The lowest BCUT2D eigenvalue weighted by atomic mass is 10.0. The molecule has 1 aliphatic rings. The van der Waals surface area contributed by atoms with E-state index in [0.29, 0.717) is 13.2 Å². The molecule has 128 valence electrons. The molecule has 22 heavy (non-hydrogen) atoms. The predicted molar refractivity (Wildman–Crippen MR) is 79.8 cm³/mol. The summed E-state index contributed by atoms with van der Waals surface area (Å²) in [7, 11) is 1.43. The smallest absolute Gasteiger partial charge is 0.410 e. The minimum absolute atomic E-state index is 0.00345. The summed E-state index contributed by atoms with van der Waals surface area (Å²) in [6.45, 7) is 8.41. The number of likely N-dealkylation sites (N-methyl/N-ethyl adjacent to an activating group) is 1. The summed E-state index contributed by atoms with van der Waals surface area (Å²) in [6.07, 6.45) is 0.159. The van der Waals surface area contributed by atoms with Gasteiger partial charge in [-0.25, -0.2) is 9.59 Å². The second-order valence-corrected chi connectivity index (χ2v) is 6.67. The number of aliphatic carboxylic acids is 1. The summed E-state index contributed by atoms with van der Waals surface area (Å²) in [4.78, 5) is 24.7. The second kappa shape index (κ2) is 7.78. The van der Waals surface area contributed by atoms with Crippen LogP contribution in [0.1, 0.15) is 34.1 Å². The van der Waals surface area contributed by atoms with Crippen LogP contribution in [-0.2, 0) is 19.0 Å². The SMILES string of the molecule is CC(COC1CCOC1)C(C(=O)O)N(C)C(=O)OC(C)(C)C. The van der Waals surface area contributed by atoms with E-state index in [-0.39, 0.29) is 18.6 Å². The molecule has 0 saturated carbocycles. The molecule has 0 aromatic rings. The van der Waals surface area contributed by atoms with Crippen LogP contribution < -0.4 is 0 Å². The van der Waals surface area contributed by atoms with Crippen LogP contribution in [0, 0.1) is 5.92 Å². The molecule has 0 bridgehead atoms. The molecule has 0 aromatic carbocycles. The Balaban J connectivity index is 2.61. The number of ether oxygens (including phenoxy) is 3. The van der Waals surface area contributed by atoms with Gasteiger partial charge in [0, 0.05) is 19.6 Å². The number of hydrogen-bond donors (Lipinski definition) is 1. The first-order valence-electron chi connectivity index (χ1n) is 7.49. The van der Waals surface area contributed by atoms with Crippen molar-refractivity contribution in [3.63, 3.8) is 0 Å². The third-order valence-corrected chi connectivity index (χ3v) is 3.37. The molecule has 1 N–H and O–H groups in total. The molecular weight excluding hydrogens is 290 g/mol. The third-order valence-electron chi connectivity index (χ3n) is 3.37. The highest BCUT2D eigenvalue weighted by molar-refractivity contribution is 5.80. The Morgan fingerprint density at radius 1 is 1.41 bits per heavy atom. The summed E-state index contributed by atoms with van der Waals surface area (Å²) in [6, 6.07) is -1.00. The molecule has 7 heteroatoms. The van der Waals surface area contributed by atoms with E-state index in [1.807, 2.05) is 0 Å². The van der Waals surface area contributed by atoms with Crippen molar-refractivity contribution in [2.24, 2.45) is 5.92 Å². The van der Waals surface area contributed by atoms with Gasteiger partial charge in [-0.15, -0.1) is 0 Å². The van der Waals surface area contributed by atoms with E-state index in [4.69, 9.17) is 14.2 Å². The number of rotatable bonds is 6. The molecule has 3 atom stereocenters. The van der Waals surface area contributed by atoms with Gasteiger partial charge in [-0.1, -0.05) is 6.92 Å². The zero-order chi connectivity index (χ0) is 16.9. The molecule has 0 spiro atoms. The van der Waals surface area contributed by atoms with E-state index in [0.717, 1.165) is 11.3 Å². The molecule has 1 heterocycles. The van der Waals surface area contributed by atoms with Crippen LogP contribution in [0.15, 0.2) is 0 Å². The maximum absolute atomic E-state index is 12.0. The fraction of sp³-hybridized carbons (Fsp3) is 0.867. The Bertz CT molecular complexity index is 386. The van der Waals surface area contributed by atoms with Gasteiger partial charge in [-0.05, 0) is 27.2 Å². The molecule has 1 saturated heterocycles.